The lowest BCUT2D eigenvalue weighted by atomic mass is 10.1. The van der Waals surface area contributed by atoms with Crippen LogP contribution in [-0.2, 0) is 0 Å². The van der Waals surface area contributed by atoms with Gasteiger partial charge in [0.05, 0.1) is 28.0 Å². The van der Waals surface area contributed by atoms with Crippen molar-refractivity contribution in [3.8, 4) is 11.4 Å². The highest BCUT2D eigenvalue weighted by Crippen LogP contribution is 2.27. The van der Waals surface area contributed by atoms with E-state index in [1.807, 2.05) is 11.4 Å². The number of pyridine rings is 1. The van der Waals surface area contributed by atoms with Crippen molar-refractivity contribution < 1.29 is 9.90 Å². The number of carboxylic acids is 1. The molecule has 94 valence electrons. The van der Waals surface area contributed by atoms with Gasteiger partial charge in [0, 0.05) is 15.2 Å². The summed E-state index contributed by atoms with van der Waals surface area (Å²) in [4.78, 5) is 20.0. The zero-order valence-corrected chi connectivity index (χ0v) is 11.9. The first kappa shape index (κ1) is 12.3. The number of aromatic nitrogens is 2. The molecule has 0 aliphatic heterocycles. The Kier molecular flexibility index (Phi) is 3.04. The maximum Gasteiger partial charge on any atom is 0.336 e. The number of rotatable bonds is 2. The largest absolute Gasteiger partial charge is 0.478 e. The van der Waals surface area contributed by atoms with Crippen LogP contribution in [0.15, 0.2) is 39.6 Å². The standard InChI is InChI=1S/C13H7BrN2O2S/c14-7-1-2-10-8(3-7)9(13(17)18)4-11(16-10)12-5-19-6-15-12/h1-6H,(H,17,18). The molecule has 3 rings (SSSR count). The maximum atomic E-state index is 11.4. The van der Waals surface area contributed by atoms with Crippen molar-refractivity contribution in [2.45, 2.75) is 0 Å². The smallest absolute Gasteiger partial charge is 0.336 e. The number of hydrogen-bond donors (Lipinski definition) is 1. The van der Waals surface area contributed by atoms with E-state index >= 15 is 0 Å². The molecular weight excluding hydrogens is 328 g/mol. The molecule has 1 N–H and O–H groups in total. The predicted octanol–water partition coefficient (Wildman–Crippen LogP) is 3.82. The quantitative estimate of drug-likeness (QED) is 0.773. The lowest BCUT2D eigenvalue weighted by molar-refractivity contribution is 0.0699. The summed E-state index contributed by atoms with van der Waals surface area (Å²) in [6.45, 7) is 0. The van der Waals surface area contributed by atoms with E-state index in [0.29, 0.717) is 22.3 Å². The number of carbonyl (C=O) groups is 1. The fourth-order valence-corrected chi connectivity index (χ4v) is 2.75. The van der Waals surface area contributed by atoms with Crippen LogP contribution in [0.3, 0.4) is 0 Å². The molecule has 2 aromatic heterocycles. The molecular formula is C13H7BrN2O2S. The Morgan fingerprint density at radius 1 is 1.26 bits per heavy atom. The summed E-state index contributed by atoms with van der Waals surface area (Å²) in [5, 5.41) is 11.8. The molecule has 0 aliphatic rings. The van der Waals surface area contributed by atoms with E-state index in [-0.39, 0.29) is 5.56 Å². The van der Waals surface area contributed by atoms with Gasteiger partial charge in [-0.2, -0.15) is 0 Å². The first-order chi connectivity index (χ1) is 9.15. The van der Waals surface area contributed by atoms with Gasteiger partial charge in [-0.1, -0.05) is 15.9 Å². The fraction of sp³-hybridized carbons (Fsp3) is 0. The van der Waals surface area contributed by atoms with Gasteiger partial charge >= 0.3 is 5.97 Å². The second-order valence-corrected chi connectivity index (χ2v) is 5.53. The summed E-state index contributed by atoms with van der Waals surface area (Å²) in [7, 11) is 0. The van der Waals surface area contributed by atoms with Crippen LogP contribution in [-0.4, -0.2) is 21.0 Å². The molecule has 0 radical (unpaired) electrons. The normalized spacial score (nSPS) is 10.8. The van der Waals surface area contributed by atoms with Crippen LogP contribution >= 0.6 is 27.3 Å². The summed E-state index contributed by atoms with van der Waals surface area (Å²) in [5.41, 5.74) is 3.84. The summed E-state index contributed by atoms with van der Waals surface area (Å²) >= 11 is 4.79. The Balaban J connectivity index is 2.34. The highest BCUT2D eigenvalue weighted by atomic mass is 79.9. The Morgan fingerprint density at radius 2 is 2.11 bits per heavy atom. The highest BCUT2D eigenvalue weighted by molar-refractivity contribution is 9.10. The Labute approximate surface area is 120 Å². The minimum Gasteiger partial charge on any atom is -0.478 e. The Hall–Kier alpha value is -1.79. The number of fused-ring (bicyclic) bond motifs is 1. The third-order valence-electron chi connectivity index (χ3n) is 2.70. The molecule has 0 bridgehead atoms. The van der Waals surface area contributed by atoms with Crippen LogP contribution in [0.5, 0.6) is 0 Å². The van der Waals surface area contributed by atoms with Crippen molar-refractivity contribution in [1.29, 1.82) is 0 Å². The molecule has 0 aliphatic carbocycles. The molecule has 0 saturated heterocycles. The first-order valence-corrected chi connectivity index (χ1v) is 7.11. The average Bonchev–Trinajstić information content (AvgIpc) is 2.91. The minimum atomic E-state index is -0.970. The van der Waals surface area contributed by atoms with Gasteiger partial charge in [-0.15, -0.1) is 11.3 Å². The average molecular weight is 335 g/mol. The third kappa shape index (κ3) is 2.24. The van der Waals surface area contributed by atoms with Gasteiger partial charge in [-0.3, -0.25) is 0 Å². The number of thiazole rings is 1. The van der Waals surface area contributed by atoms with E-state index in [1.165, 1.54) is 11.3 Å². The van der Waals surface area contributed by atoms with Crippen molar-refractivity contribution in [2.75, 3.05) is 0 Å². The summed E-state index contributed by atoms with van der Waals surface area (Å²) < 4.78 is 0.825. The summed E-state index contributed by atoms with van der Waals surface area (Å²) in [6.07, 6.45) is 0. The summed E-state index contributed by atoms with van der Waals surface area (Å²) in [6, 6.07) is 6.95. The van der Waals surface area contributed by atoms with Crippen LogP contribution in [0.4, 0.5) is 0 Å². The zero-order chi connectivity index (χ0) is 13.4. The molecule has 0 spiro atoms. The van der Waals surface area contributed by atoms with Crippen LogP contribution < -0.4 is 0 Å². The zero-order valence-electron chi connectivity index (χ0n) is 9.50. The van der Waals surface area contributed by atoms with Crippen LogP contribution in [0, 0.1) is 0 Å². The molecule has 0 amide bonds. The number of carboxylic acid groups (broad SMARTS) is 1. The molecule has 2 heterocycles. The second kappa shape index (κ2) is 4.71. The number of benzene rings is 1. The molecule has 0 saturated carbocycles. The third-order valence-corrected chi connectivity index (χ3v) is 3.78. The van der Waals surface area contributed by atoms with Crippen molar-refractivity contribution in [3.05, 3.63) is 45.2 Å². The van der Waals surface area contributed by atoms with Gasteiger partial charge in [0.2, 0.25) is 0 Å². The van der Waals surface area contributed by atoms with E-state index < -0.39 is 5.97 Å². The van der Waals surface area contributed by atoms with Crippen LogP contribution in [0.25, 0.3) is 22.3 Å². The van der Waals surface area contributed by atoms with Gasteiger partial charge in [0.15, 0.2) is 0 Å². The number of aromatic carboxylic acids is 1. The lowest BCUT2D eigenvalue weighted by Crippen LogP contribution is -2.00. The molecule has 0 fully saturated rings. The Bertz CT molecular complexity index is 772. The van der Waals surface area contributed by atoms with Crippen LogP contribution in [0.1, 0.15) is 10.4 Å². The molecule has 6 heteroatoms. The minimum absolute atomic E-state index is 0.231. The number of nitrogens with zero attached hydrogens (tertiary/aromatic N) is 2. The highest BCUT2D eigenvalue weighted by Gasteiger charge is 2.14. The van der Waals surface area contributed by atoms with Gasteiger partial charge < -0.3 is 5.11 Å². The van der Waals surface area contributed by atoms with E-state index in [1.54, 1.807) is 23.7 Å². The maximum absolute atomic E-state index is 11.4. The Morgan fingerprint density at radius 3 is 2.79 bits per heavy atom. The molecule has 1 aromatic carbocycles. The van der Waals surface area contributed by atoms with E-state index in [0.717, 1.165) is 4.47 Å². The van der Waals surface area contributed by atoms with Crippen LogP contribution in [0.2, 0.25) is 0 Å². The molecule has 19 heavy (non-hydrogen) atoms. The lowest BCUT2D eigenvalue weighted by Gasteiger charge is -2.05. The number of hydrogen-bond acceptors (Lipinski definition) is 4. The summed E-state index contributed by atoms with van der Waals surface area (Å²) in [5.74, 6) is -0.970. The molecule has 0 unspecified atom stereocenters. The molecule has 4 nitrogen and oxygen atoms in total. The number of halogens is 1. The van der Waals surface area contributed by atoms with Gasteiger partial charge in [0.1, 0.15) is 0 Å². The van der Waals surface area contributed by atoms with Crippen molar-refractivity contribution in [3.63, 3.8) is 0 Å². The topological polar surface area (TPSA) is 63.1 Å². The van der Waals surface area contributed by atoms with E-state index in [4.69, 9.17) is 0 Å². The monoisotopic (exact) mass is 334 g/mol. The fourth-order valence-electron chi connectivity index (χ4n) is 1.85. The van der Waals surface area contributed by atoms with Crippen molar-refractivity contribution in [1.82, 2.24) is 9.97 Å². The molecule has 0 atom stereocenters. The van der Waals surface area contributed by atoms with Crippen molar-refractivity contribution >= 4 is 44.1 Å². The van der Waals surface area contributed by atoms with Gasteiger partial charge in [0.25, 0.3) is 0 Å². The van der Waals surface area contributed by atoms with Gasteiger partial charge in [-0.05, 0) is 24.3 Å². The molecule has 3 aromatic rings. The first-order valence-electron chi connectivity index (χ1n) is 5.37. The van der Waals surface area contributed by atoms with E-state index in [9.17, 15) is 9.90 Å². The predicted molar refractivity (Wildman–Crippen MR) is 77.5 cm³/mol. The second-order valence-electron chi connectivity index (χ2n) is 3.90. The van der Waals surface area contributed by atoms with Gasteiger partial charge in [-0.25, -0.2) is 14.8 Å². The SMILES string of the molecule is O=C(O)c1cc(-c2cscn2)nc2ccc(Br)cc12. The van der Waals surface area contributed by atoms with E-state index in [2.05, 4.69) is 25.9 Å². The van der Waals surface area contributed by atoms with Crippen molar-refractivity contribution in [2.24, 2.45) is 0 Å².